The predicted octanol–water partition coefficient (Wildman–Crippen LogP) is 3.95. The highest BCUT2D eigenvalue weighted by Crippen LogP contribution is 2.32. The third-order valence-corrected chi connectivity index (χ3v) is 5.49. The molecule has 0 saturated heterocycles. The molecule has 4 nitrogen and oxygen atoms in total. The van der Waals surface area contributed by atoms with Gasteiger partial charge in [0.05, 0.1) is 11.8 Å². The van der Waals surface area contributed by atoms with Gasteiger partial charge in [0.2, 0.25) is 0 Å². The van der Waals surface area contributed by atoms with Gasteiger partial charge in [-0.25, -0.2) is 4.68 Å². The van der Waals surface area contributed by atoms with Crippen LogP contribution in [0.5, 0.6) is 0 Å². The maximum Gasteiger partial charge on any atom is 0.138 e. The normalized spacial score (nSPS) is 18.0. The van der Waals surface area contributed by atoms with Crippen LogP contribution in [-0.2, 0) is 11.2 Å². The third kappa shape index (κ3) is 4.18. The van der Waals surface area contributed by atoms with Crippen molar-refractivity contribution in [3.63, 3.8) is 0 Å². The number of Topliss-reactive ketones (excluding diaryl/α,β-unsaturated/α-hetero) is 1. The average molecular weight is 340 g/mol. The summed E-state index contributed by atoms with van der Waals surface area (Å²) in [6, 6.07) is 9.92. The van der Waals surface area contributed by atoms with Gasteiger partial charge in [-0.05, 0) is 42.9 Å². The molecule has 0 spiro atoms. The first kappa shape index (κ1) is 17.9. The summed E-state index contributed by atoms with van der Waals surface area (Å²) < 4.78 is 1.83. The van der Waals surface area contributed by atoms with Crippen molar-refractivity contribution in [2.24, 2.45) is 11.8 Å². The minimum atomic E-state index is -0.543. The van der Waals surface area contributed by atoms with E-state index in [9.17, 15) is 9.90 Å². The van der Waals surface area contributed by atoms with Crippen molar-refractivity contribution in [1.82, 2.24) is 9.78 Å². The first-order chi connectivity index (χ1) is 12.2. The summed E-state index contributed by atoms with van der Waals surface area (Å²) in [4.78, 5) is 12.6. The summed E-state index contributed by atoms with van der Waals surface area (Å²) in [6.45, 7) is 1.89. The molecule has 3 rings (SSSR count). The van der Waals surface area contributed by atoms with Crippen molar-refractivity contribution in [2.75, 3.05) is 0 Å². The molecule has 0 amide bonds. The van der Waals surface area contributed by atoms with Crippen molar-refractivity contribution in [2.45, 2.75) is 58.0 Å². The molecular formula is C21H28N2O2. The molecule has 1 aliphatic rings. The first-order valence-corrected chi connectivity index (χ1v) is 9.49. The fraction of sp³-hybridized carbons (Fsp3) is 0.524. The Morgan fingerprint density at radius 2 is 2.00 bits per heavy atom. The standard InChI is InChI=1S/C21H28N2O2/c1-2-20(24)18(21(25)16-9-4-3-5-10-16)15-17-11-6-7-12-19(17)23-14-8-13-22-23/h6-8,11-14,16,18,21,25H,2-5,9-10,15H2,1H3/t18-,21+/m0/s1. The number of nitrogens with zero attached hydrogens (tertiary/aromatic N) is 2. The van der Waals surface area contributed by atoms with Crippen molar-refractivity contribution < 1.29 is 9.90 Å². The molecule has 1 saturated carbocycles. The Kier molecular flexibility index (Phi) is 6.03. The number of aromatic nitrogens is 2. The summed E-state index contributed by atoms with van der Waals surface area (Å²) in [5, 5.41) is 15.3. The van der Waals surface area contributed by atoms with Crippen LogP contribution in [-0.4, -0.2) is 26.8 Å². The second-order valence-corrected chi connectivity index (χ2v) is 7.10. The predicted molar refractivity (Wildman–Crippen MR) is 98.6 cm³/mol. The maximum atomic E-state index is 12.6. The van der Waals surface area contributed by atoms with E-state index in [2.05, 4.69) is 5.10 Å². The number of aliphatic hydroxyl groups is 1. The summed E-state index contributed by atoms with van der Waals surface area (Å²) >= 11 is 0. The van der Waals surface area contributed by atoms with Crippen LogP contribution in [0.15, 0.2) is 42.7 Å². The SMILES string of the molecule is CCC(=O)[C@H](Cc1ccccc1-n1cccn1)[C@H](O)C1CCCCC1. The van der Waals surface area contributed by atoms with Gasteiger partial charge in [0.1, 0.15) is 5.78 Å². The molecule has 0 radical (unpaired) electrons. The van der Waals surface area contributed by atoms with E-state index >= 15 is 0 Å². The zero-order chi connectivity index (χ0) is 17.6. The number of para-hydroxylation sites is 1. The van der Waals surface area contributed by atoms with Crippen LogP contribution in [0.25, 0.3) is 5.69 Å². The first-order valence-electron chi connectivity index (χ1n) is 9.49. The van der Waals surface area contributed by atoms with Crippen molar-refractivity contribution in [3.05, 3.63) is 48.3 Å². The molecule has 0 aliphatic heterocycles. The monoisotopic (exact) mass is 340 g/mol. The number of carbonyl (C=O) groups excluding carboxylic acids is 1. The van der Waals surface area contributed by atoms with E-state index in [-0.39, 0.29) is 17.6 Å². The maximum absolute atomic E-state index is 12.6. The van der Waals surface area contributed by atoms with E-state index < -0.39 is 6.10 Å². The Morgan fingerprint density at radius 3 is 2.68 bits per heavy atom. The van der Waals surface area contributed by atoms with Gasteiger partial charge in [0, 0.05) is 24.7 Å². The van der Waals surface area contributed by atoms with Gasteiger partial charge >= 0.3 is 0 Å². The largest absolute Gasteiger partial charge is 0.392 e. The lowest BCUT2D eigenvalue weighted by Crippen LogP contribution is -2.37. The Bertz CT molecular complexity index is 675. The van der Waals surface area contributed by atoms with Gasteiger partial charge in [-0.1, -0.05) is 44.4 Å². The lowest BCUT2D eigenvalue weighted by atomic mass is 9.76. The van der Waals surface area contributed by atoms with Gasteiger partial charge in [-0.15, -0.1) is 0 Å². The molecule has 1 aromatic heterocycles. The number of aliphatic hydroxyl groups excluding tert-OH is 1. The fourth-order valence-electron chi connectivity index (χ4n) is 4.05. The number of hydrogen-bond donors (Lipinski definition) is 1. The lowest BCUT2D eigenvalue weighted by molar-refractivity contribution is -0.127. The number of carbonyl (C=O) groups is 1. The van der Waals surface area contributed by atoms with Crippen LogP contribution < -0.4 is 0 Å². The molecule has 2 aromatic rings. The molecule has 134 valence electrons. The Labute approximate surface area is 149 Å². The van der Waals surface area contributed by atoms with Crippen LogP contribution in [0.2, 0.25) is 0 Å². The summed E-state index contributed by atoms with van der Waals surface area (Å²) in [5.41, 5.74) is 2.05. The van der Waals surface area contributed by atoms with E-state index in [1.807, 2.05) is 48.1 Å². The second kappa shape index (κ2) is 8.43. The third-order valence-electron chi connectivity index (χ3n) is 5.49. The van der Waals surface area contributed by atoms with Gasteiger partial charge < -0.3 is 5.11 Å². The Morgan fingerprint density at radius 1 is 1.24 bits per heavy atom. The topological polar surface area (TPSA) is 55.1 Å². The molecule has 4 heteroatoms. The van der Waals surface area contributed by atoms with Gasteiger partial charge in [0.15, 0.2) is 0 Å². The van der Waals surface area contributed by atoms with E-state index in [0.717, 1.165) is 24.1 Å². The molecule has 1 aliphatic carbocycles. The highest BCUT2D eigenvalue weighted by atomic mass is 16.3. The van der Waals surface area contributed by atoms with Crippen LogP contribution in [0.1, 0.15) is 51.0 Å². The lowest BCUT2D eigenvalue weighted by Gasteiger charge is -2.32. The quantitative estimate of drug-likeness (QED) is 0.830. The molecule has 0 unspecified atom stereocenters. The highest BCUT2D eigenvalue weighted by Gasteiger charge is 2.33. The molecule has 1 aromatic carbocycles. The van der Waals surface area contributed by atoms with Gasteiger partial charge in [-0.3, -0.25) is 4.79 Å². The summed E-state index contributed by atoms with van der Waals surface area (Å²) in [6.07, 6.45) is 9.81. The molecular weight excluding hydrogens is 312 g/mol. The zero-order valence-electron chi connectivity index (χ0n) is 15.0. The van der Waals surface area contributed by atoms with Gasteiger partial charge in [-0.2, -0.15) is 5.10 Å². The highest BCUT2D eigenvalue weighted by molar-refractivity contribution is 5.81. The van der Waals surface area contributed by atoms with Gasteiger partial charge in [0.25, 0.3) is 0 Å². The Balaban J connectivity index is 1.85. The van der Waals surface area contributed by atoms with Crippen LogP contribution in [0.3, 0.4) is 0 Å². The van der Waals surface area contributed by atoms with Crippen molar-refractivity contribution >= 4 is 5.78 Å². The second-order valence-electron chi connectivity index (χ2n) is 7.10. The number of benzene rings is 1. The zero-order valence-corrected chi connectivity index (χ0v) is 15.0. The Hall–Kier alpha value is -1.94. The fourth-order valence-corrected chi connectivity index (χ4v) is 4.05. The van der Waals surface area contributed by atoms with E-state index in [1.54, 1.807) is 6.20 Å². The molecule has 25 heavy (non-hydrogen) atoms. The summed E-state index contributed by atoms with van der Waals surface area (Å²) in [7, 11) is 0. The van der Waals surface area contributed by atoms with E-state index in [1.165, 1.54) is 19.3 Å². The molecule has 1 fully saturated rings. The average Bonchev–Trinajstić information content (AvgIpc) is 3.20. The van der Waals surface area contributed by atoms with Crippen molar-refractivity contribution in [3.8, 4) is 5.69 Å². The molecule has 0 bridgehead atoms. The summed E-state index contributed by atoms with van der Waals surface area (Å²) in [5.74, 6) is 0.0873. The number of ketones is 1. The van der Waals surface area contributed by atoms with E-state index in [4.69, 9.17) is 0 Å². The number of rotatable bonds is 7. The molecule has 1 heterocycles. The van der Waals surface area contributed by atoms with Crippen LogP contribution in [0.4, 0.5) is 0 Å². The number of hydrogen-bond acceptors (Lipinski definition) is 3. The minimum Gasteiger partial charge on any atom is -0.392 e. The van der Waals surface area contributed by atoms with Crippen LogP contribution >= 0.6 is 0 Å². The van der Waals surface area contributed by atoms with Crippen molar-refractivity contribution in [1.29, 1.82) is 0 Å². The molecule has 2 atom stereocenters. The minimum absolute atomic E-state index is 0.161. The van der Waals surface area contributed by atoms with Crippen LogP contribution in [0, 0.1) is 11.8 Å². The van der Waals surface area contributed by atoms with E-state index in [0.29, 0.717) is 12.8 Å². The smallest absolute Gasteiger partial charge is 0.138 e. The molecule has 1 N–H and O–H groups in total.